The number of nitrogens with one attached hydrogen (secondary N) is 1. The first-order valence-electron chi connectivity index (χ1n) is 13.0. The number of fused-ring (bicyclic) bond motifs is 1. The maximum absolute atomic E-state index is 13.6. The van der Waals surface area contributed by atoms with Crippen LogP contribution in [0.5, 0.6) is 0 Å². The smallest absolute Gasteiger partial charge is 0.222 e. The van der Waals surface area contributed by atoms with E-state index in [0.29, 0.717) is 31.1 Å². The van der Waals surface area contributed by atoms with Gasteiger partial charge in [0.25, 0.3) is 0 Å². The number of furan rings is 1. The third-order valence-electron chi connectivity index (χ3n) is 6.64. The first-order valence-corrected chi connectivity index (χ1v) is 13.0. The number of halogens is 1. The lowest BCUT2D eigenvalue weighted by Crippen LogP contribution is -2.39. The lowest BCUT2D eigenvalue weighted by molar-refractivity contribution is -0.121. The van der Waals surface area contributed by atoms with Gasteiger partial charge in [0, 0.05) is 50.1 Å². The number of carbonyl (C=O) groups is 1. The van der Waals surface area contributed by atoms with Gasteiger partial charge in [-0.05, 0) is 55.0 Å². The van der Waals surface area contributed by atoms with Crippen LogP contribution in [0.3, 0.4) is 0 Å². The van der Waals surface area contributed by atoms with E-state index in [1.54, 1.807) is 24.5 Å². The van der Waals surface area contributed by atoms with Gasteiger partial charge in [0.1, 0.15) is 17.4 Å². The predicted octanol–water partition coefficient (Wildman–Crippen LogP) is 4.26. The molecule has 4 aromatic rings. The van der Waals surface area contributed by atoms with E-state index in [1.807, 2.05) is 30.3 Å². The molecule has 3 heterocycles. The van der Waals surface area contributed by atoms with Gasteiger partial charge in [0.15, 0.2) is 5.82 Å². The second-order valence-corrected chi connectivity index (χ2v) is 9.30. The summed E-state index contributed by atoms with van der Waals surface area (Å²) < 4.78 is 24.4. The summed E-state index contributed by atoms with van der Waals surface area (Å²) >= 11 is 0. The third-order valence-corrected chi connectivity index (χ3v) is 6.64. The van der Waals surface area contributed by atoms with E-state index in [2.05, 4.69) is 15.1 Å². The zero-order chi connectivity index (χ0) is 26.2. The number of ether oxygens (including phenoxy) is 1. The Balaban J connectivity index is 1.38. The van der Waals surface area contributed by atoms with Crippen molar-refractivity contribution in [3.05, 3.63) is 78.5 Å². The number of nitrogens with zero attached hydrogens (tertiary/aromatic N) is 4. The van der Waals surface area contributed by atoms with Crippen LogP contribution in [0, 0.1) is 5.82 Å². The molecule has 198 valence electrons. The van der Waals surface area contributed by atoms with E-state index in [9.17, 15) is 9.18 Å². The number of para-hydroxylation sites is 1. The van der Waals surface area contributed by atoms with E-state index >= 15 is 0 Å². The van der Waals surface area contributed by atoms with Gasteiger partial charge in [-0.1, -0.05) is 12.1 Å². The fraction of sp³-hybridized carbons (Fsp3) is 0.345. The van der Waals surface area contributed by atoms with Crippen molar-refractivity contribution in [3.8, 4) is 11.4 Å². The van der Waals surface area contributed by atoms with Crippen LogP contribution in [0.1, 0.15) is 18.6 Å². The van der Waals surface area contributed by atoms with Crippen molar-refractivity contribution < 1.29 is 18.3 Å². The Bertz CT molecular complexity index is 1320. The highest BCUT2D eigenvalue weighted by molar-refractivity contribution is 5.91. The Morgan fingerprint density at radius 3 is 2.61 bits per heavy atom. The number of aromatic nitrogens is 2. The Labute approximate surface area is 221 Å². The zero-order valence-corrected chi connectivity index (χ0v) is 21.3. The Morgan fingerprint density at radius 2 is 1.82 bits per heavy atom. The van der Waals surface area contributed by atoms with Gasteiger partial charge >= 0.3 is 0 Å². The lowest BCUT2D eigenvalue weighted by atomic mass is 10.1. The zero-order valence-electron chi connectivity index (χ0n) is 21.3. The van der Waals surface area contributed by atoms with Gasteiger partial charge in [-0.15, -0.1) is 0 Å². The predicted molar refractivity (Wildman–Crippen MR) is 144 cm³/mol. The molecular formula is C29H32FN5O3. The number of benzene rings is 2. The van der Waals surface area contributed by atoms with Gasteiger partial charge in [-0.25, -0.2) is 14.4 Å². The van der Waals surface area contributed by atoms with Crippen molar-refractivity contribution in [3.63, 3.8) is 0 Å². The van der Waals surface area contributed by atoms with Crippen LogP contribution in [0.25, 0.3) is 22.3 Å². The van der Waals surface area contributed by atoms with Crippen LogP contribution < -0.4 is 10.2 Å². The van der Waals surface area contributed by atoms with Crippen LogP contribution in [0.2, 0.25) is 0 Å². The summed E-state index contributed by atoms with van der Waals surface area (Å²) in [6.07, 6.45) is 2.82. The molecule has 5 rings (SSSR count). The van der Waals surface area contributed by atoms with E-state index in [1.165, 1.54) is 12.1 Å². The van der Waals surface area contributed by atoms with Gasteiger partial charge in [-0.2, -0.15) is 0 Å². The molecule has 0 aliphatic carbocycles. The van der Waals surface area contributed by atoms with E-state index in [-0.39, 0.29) is 11.7 Å². The summed E-state index contributed by atoms with van der Waals surface area (Å²) in [6.45, 7) is 5.91. The molecule has 1 amide bonds. The van der Waals surface area contributed by atoms with Crippen LogP contribution in [-0.4, -0.2) is 66.7 Å². The fourth-order valence-corrected chi connectivity index (χ4v) is 4.59. The second kappa shape index (κ2) is 12.6. The molecule has 2 aromatic heterocycles. The molecule has 2 aromatic carbocycles. The number of hydrogen-bond donors (Lipinski definition) is 1. The molecule has 0 radical (unpaired) electrons. The van der Waals surface area contributed by atoms with E-state index in [0.717, 1.165) is 68.1 Å². The summed E-state index contributed by atoms with van der Waals surface area (Å²) in [5.74, 6) is 1.65. The molecule has 8 nitrogen and oxygen atoms in total. The molecule has 0 unspecified atom stereocenters. The molecule has 38 heavy (non-hydrogen) atoms. The number of carbonyl (C=O) groups excluding carboxylic acids is 1. The number of morpholine rings is 1. The van der Waals surface area contributed by atoms with Crippen LogP contribution >= 0.6 is 0 Å². The molecular weight excluding hydrogens is 485 g/mol. The fourth-order valence-electron chi connectivity index (χ4n) is 4.59. The molecule has 0 bridgehead atoms. The lowest BCUT2D eigenvalue weighted by Gasteiger charge is -2.29. The Morgan fingerprint density at radius 1 is 1.00 bits per heavy atom. The Hall–Kier alpha value is -3.82. The standard InChI is InChI=1S/C29H32FN5O3/c30-23-10-8-22(9-11-23)28-32-26-7-2-1-6-25(26)29(33-28)35(14-4-13-34-16-19-37-20-17-34)15-12-27(36)31-21-24-5-3-18-38-24/h1-3,5-11,18H,4,12-17,19-21H2,(H,31,36). The number of rotatable bonds is 11. The average Bonchev–Trinajstić information content (AvgIpc) is 3.48. The largest absolute Gasteiger partial charge is 0.467 e. The topological polar surface area (TPSA) is 83.7 Å². The summed E-state index contributed by atoms with van der Waals surface area (Å²) in [5.41, 5.74) is 1.54. The molecule has 1 N–H and O–H groups in total. The minimum Gasteiger partial charge on any atom is -0.467 e. The summed E-state index contributed by atoms with van der Waals surface area (Å²) in [7, 11) is 0. The second-order valence-electron chi connectivity index (χ2n) is 9.30. The van der Waals surface area contributed by atoms with Crippen LogP contribution in [0.4, 0.5) is 10.2 Å². The van der Waals surface area contributed by atoms with Gasteiger partial charge in [0.05, 0.1) is 31.5 Å². The van der Waals surface area contributed by atoms with Gasteiger partial charge < -0.3 is 19.4 Å². The van der Waals surface area contributed by atoms with Crippen molar-refractivity contribution in [2.24, 2.45) is 0 Å². The monoisotopic (exact) mass is 517 g/mol. The first-order chi connectivity index (χ1) is 18.7. The van der Waals surface area contributed by atoms with Gasteiger partial charge in [-0.3, -0.25) is 9.69 Å². The highest BCUT2D eigenvalue weighted by Crippen LogP contribution is 2.28. The van der Waals surface area contributed by atoms with Crippen molar-refractivity contribution in [1.29, 1.82) is 0 Å². The van der Waals surface area contributed by atoms with Crippen LogP contribution in [0.15, 0.2) is 71.3 Å². The average molecular weight is 518 g/mol. The maximum atomic E-state index is 13.6. The molecule has 1 fully saturated rings. The molecule has 0 saturated carbocycles. The van der Waals surface area contributed by atoms with Gasteiger partial charge in [0.2, 0.25) is 5.91 Å². The molecule has 1 aliphatic rings. The van der Waals surface area contributed by atoms with E-state index < -0.39 is 0 Å². The summed E-state index contributed by atoms with van der Waals surface area (Å²) in [5, 5.41) is 3.85. The normalized spacial score (nSPS) is 14.0. The third kappa shape index (κ3) is 6.73. The number of anilines is 1. The molecule has 9 heteroatoms. The van der Waals surface area contributed by atoms with Crippen molar-refractivity contribution in [2.75, 3.05) is 50.8 Å². The molecule has 0 spiro atoms. The minimum atomic E-state index is -0.305. The summed E-state index contributed by atoms with van der Waals surface area (Å²) in [6, 6.07) is 17.7. The molecule has 1 aliphatic heterocycles. The summed E-state index contributed by atoms with van der Waals surface area (Å²) in [4.78, 5) is 27.0. The first kappa shape index (κ1) is 25.8. The van der Waals surface area contributed by atoms with Crippen molar-refractivity contribution in [1.82, 2.24) is 20.2 Å². The highest BCUT2D eigenvalue weighted by atomic mass is 19.1. The maximum Gasteiger partial charge on any atom is 0.222 e. The molecule has 0 atom stereocenters. The number of hydrogen-bond acceptors (Lipinski definition) is 7. The minimum absolute atomic E-state index is 0.0586. The van der Waals surface area contributed by atoms with E-state index in [4.69, 9.17) is 19.1 Å². The number of amides is 1. The quantitative estimate of drug-likeness (QED) is 0.318. The highest BCUT2D eigenvalue weighted by Gasteiger charge is 2.18. The van der Waals surface area contributed by atoms with Crippen LogP contribution in [-0.2, 0) is 16.1 Å². The SMILES string of the molecule is O=C(CCN(CCCN1CCOCC1)c1nc(-c2ccc(F)cc2)nc2ccccc12)NCc1ccco1. The Kier molecular flexibility index (Phi) is 8.57. The van der Waals surface area contributed by atoms with Crippen molar-refractivity contribution in [2.45, 2.75) is 19.4 Å². The molecule has 1 saturated heterocycles. The van der Waals surface area contributed by atoms with Crippen molar-refractivity contribution >= 4 is 22.6 Å².